The Morgan fingerprint density at radius 2 is 1.70 bits per heavy atom. The highest BCUT2D eigenvalue weighted by Gasteiger charge is 2.30. The summed E-state index contributed by atoms with van der Waals surface area (Å²) in [5.74, 6) is 0.128. The zero-order valence-corrected chi connectivity index (χ0v) is 29.1. The molecule has 2 aromatic carbocycles. The number of piperidine rings is 1. The van der Waals surface area contributed by atoms with E-state index < -0.39 is 16.1 Å². The maximum absolute atomic E-state index is 13.8. The molecule has 13 nitrogen and oxygen atoms in total. The van der Waals surface area contributed by atoms with E-state index in [0.717, 1.165) is 62.7 Å². The van der Waals surface area contributed by atoms with Gasteiger partial charge in [0.1, 0.15) is 10.9 Å². The smallest absolute Gasteiger partial charge is 0.247 e. The van der Waals surface area contributed by atoms with E-state index in [1.54, 1.807) is 36.5 Å². The number of nitrogens with two attached hydrogens (primary N) is 1. The van der Waals surface area contributed by atoms with Gasteiger partial charge in [0.05, 0.1) is 0 Å². The number of hydrogen-bond donors (Lipinski definition) is 6. The summed E-state index contributed by atoms with van der Waals surface area (Å²) >= 11 is 5.87. The monoisotopic (exact) mass is 719 g/mol. The Hall–Kier alpha value is -4.21. The van der Waals surface area contributed by atoms with Crippen LogP contribution in [0.25, 0.3) is 22.5 Å². The average Bonchev–Trinajstić information content (AvgIpc) is 3.58. The highest BCUT2D eigenvalue weighted by Crippen LogP contribution is 2.29. The van der Waals surface area contributed by atoms with E-state index in [4.69, 9.17) is 17.3 Å². The van der Waals surface area contributed by atoms with Gasteiger partial charge in [0.25, 0.3) is 0 Å². The first-order chi connectivity index (χ1) is 24.2. The number of nitrogens with one attached hydrogen (secondary N) is 5. The Bertz CT molecular complexity index is 1890. The number of aromatic nitrogens is 4. The van der Waals surface area contributed by atoms with Crippen LogP contribution >= 0.6 is 11.6 Å². The molecule has 2 fully saturated rings. The number of carbonyl (C=O) groups excluding carboxylic acids is 2. The second-order valence-corrected chi connectivity index (χ2v) is 15.1. The van der Waals surface area contributed by atoms with Crippen molar-refractivity contribution in [3.05, 3.63) is 77.8 Å². The Labute approximate surface area is 296 Å². The molecule has 264 valence electrons. The SMILES string of the molecule is NCC1CCC(C(=O)N[C@@H](Cc2cccc(-c3cncc(S(=O)(=O)NC4CCNCC4)c3)c2)C(=O)Nc2ccc(-c3n[nH]c(Cl)n3)cc2)CC1. The molecule has 7 N–H and O–H groups in total. The van der Waals surface area contributed by atoms with Crippen molar-refractivity contribution in [2.75, 3.05) is 25.0 Å². The largest absolute Gasteiger partial charge is 0.344 e. The fourth-order valence-corrected chi connectivity index (χ4v) is 7.94. The van der Waals surface area contributed by atoms with Gasteiger partial charge in [0.2, 0.25) is 27.1 Å². The lowest BCUT2D eigenvalue weighted by Gasteiger charge is -2.28. The van der Waals surface area contributed by atoms with Gasteiger partial charge in [-0.05, 0) is 117 Å². The third-order valence-corrected chi connectivity index (χ3v) is 11.1. The summed E-state index contributed by atoms with van der Waals surface area (Å²) in [5.41, 5.74) is 9.26. The van der Waals surface area contributed by atoms with Gasteiger partial charge < -0.3 is 21.7 Å². The number of amides is 2. The maximum atomic E-state index is 13.8. The summed E-state index contributed by atoms with van der Waals surface area (Å²) in [6, 6.07) is 15.1. The highest BCUT2D eigenvalue weighted by molar-refractivity contribution is 7.89. The van der Waals surface area contributed by atoms with Crippen molar-refractivity contribution in [3.63, 3.8) is 0 Å². The van der Waals surface area contributed by atoms with E-state index in [1.165, 1.54) is 6.20 Å². The summed E-state index contributed by atoms with van der Waals surface area (Å²) in [6.45, 7) is 2.13. The first-order valence-electron chi connectivity index (χ1n) is 16.9. The van der Waals surface area contributed by atoms with Crippen LogP contribution in [0.5, 0.6) is 0 Å². The van der Waals surface area contributed by atoms with E-state index in [1.807, 2.05) is 24.3 Å². The second-order valence-electron chi connectivity index (χ2n) is 13.0. The molecule has 3 heterocycles. The van der Waals surface area contributed by atoms with E-state index >= 15 is 0 Å². The number of hydrogen-bond acceptors (Lipinski definition) is 9. The molecule has 1 saturated heterocycles. The zero-order chi connectivity index (χ0) is 35.1. The van der Waals surface area contributed by atoms with E-state index in [-0.39, 0.29) is 40.4 Å². The van der Waals surface area contributed by atoms with Crippen LogP contribution in [-0.4, -0.2) is 72.1 Å². The molecule has 1 saturated carbocycles. The molecular weight excluding hydrogens is 678 g/mol. The minimum Gasteiger partial charge on any atom is -0.344 e. The van der Waals surface area contributed by atoms with Crippen molar-refractivity contribution in [1.29, 1.82) is 0 Å². The summed E-state index contributed by atoms with van der Waals surface area (Å²) < 4.78 is 29.2. The molecule has 15 heteroatoms. The molecule has 0 spiro atoms. The van der Waals surface area contributed by atoms with Gasteiger partial charge in [0, 0.05) is 47.6 Å². The lowest BCUT2D eigenvalue weighted by molar-refractivity contribution is -0.130. The number of rotatable bonds is 12. The molecule has 1 aliphatic heterocycles. The van der Waals surface area contributed by atoms with Gasteiger partial charge in [-0.1, -0.05) is 24.3 Å². The Morgan fingerprint density at radius 3 is 2.40 bits per heavy atom. The van der Waals surface area contributed by atoms with Crippen molar-refractivity contribution in [1.82, 2.24) is 35.5 Å². The lowest BCUT2D eigenvalue weighted by atomic mass is 9.81. The minimum absolute atomic E-state index is 0.0880. The molecule has 50 heavy (non-hydrogen) atoms. The molecule has 4 aromatic rings. The quantitative estimate of drug-likeness (QED) is 0.127. The molecule has 6 rings (SSSR count). The fourth-order valence-electron chi connectivity index (χ4n) is 6.53. The number of benzene rings is 2. The van der Waals surface area contributed by atoms with Gasteiger partial charge in [-0.15, -0.1) is 0 Å². The molecule has 0 unspecified atom stereocenters. The van der Waals surface area contributed by atoms with Crippen LogP contribution in [0, 0.1) is 11.8 Å². The van der Waals surface area contributed by atoms with Crippen LogP contribution in [0.3, 0.4) is 0 Å². The van der Waals surface area contributed by atoms with Crippen LogP contribution in [0.4, 0.5) is 5.69 Å². The summed E-state index contributed by atoms with van der Waals surface area (Å²) in [4.78, 5) is 35.7. The fraction of sp³-hybridized carbons (Fsp3) is 0.400. The molecule has 2 aromatic heterocycles. The van der Waals surface area contributed by atoms with E-state index in [2.05, 4.69) is 40.8 Å². The highest BCUT2D eigenvalue weighted by atomic mass is 35.5. The van der Waals surface area contributed by atoms with Gasteiger partial charge in [-0.2, -0.15) is 10.1 Å². The molecule has 1 atom stereocenters. The standard InChI is InChI=1S/C35H42ClN9O4S/c36-35-42-32(43-44-35)24-8-10-28(11-9-24)40-34(47)31(41-33(46)25-6-4-22(19-37)5-7-25)17-23-2-1-3-26(16-23)27-18-30(21-39-20-27)50(48,49)45-29-12-14-38-15-13-29/h1-3,8-11,16,18,20-22,25,29,31,38,45H,4-7,12-15,17,19,37H2,(H,40,47)(H,41,46)(H,42,43,44)/t22?,25?,31-/m0/s1. The summed E-state index contributed by atoms with van der Waals surface area (Å²) in [7, 11) is -3.77. The maximum Gasteiger partial charge on any atom is 0.247 e. The van der Waals surface area contributed by atoms with Crippen LogP contribution in [-0.2, 0) is 26.0 Å². The number of anilines is 1. The zero-order valence-electron chi connectivity index (χ0n) is 27.6. The number of carbonyl (C=O) groups is 2. The van der Waals surface area contributed by atoms with E-state index in [9.17, 15) is 18.0 Å². The number of sulfonamides is 1. The number of H-pyrrole nitrogens is 1. The number of halogens is 1. The van der Waals surface area contributed by atoms with Gasteiger partial charge in [-0.3, -0.25) is 14.6 Å². The first kappa shape index (κ1) is 35.6. The first-order valence-corrected chi connectivity index (χ1v) is 18.8. The second kappa shape index (κ2) is 16.2. The van der Waals surface area contributed by atoms with E-state index in [0.29, 0.717) is 35.1 Å². The van der Waals surface area contributed by atoms with Crippen LogP contribution < -0.4 is 26.4 Å². The normalized spacial score (nSPS) is 19.1. The van der Waals surface area contributed by atoms with Crippen molar-refractivity contribution < 1.29 is 18.0 Å². The summed E-state index contributed by atoms with van der Waals surface area (Å²) in [5, 5.41) is 16.0. The number of pyridine rings is 1. The number of aromatic amines is 1. The Kier molecular flexibility index (Phi) is 11.5. The molecular formula is C35H42ClN9O4S. The molecule has 0 radical (unpaired) electrons. The Morgan fingerprint density at radius 1 is 0.940 bits per heavy atom. The molecule has 2 aliphatic rings. The van der Waals surface area contributed by atoms with Crippen molar-refractivity contribution in [3.8, 4) is 22.5 Å². The van der Waals surface area contributed by atoms with Gasteiger partial charge >= 0.3 is 0 Å². The molecule has 1 aliphatic carbocycles. The number of nitrogens with zero attached hydrogens (tertiary/aromatic N) is 3. The minimum atomic E-state index is -3.77. The van der Waals surface area contributed by atoms with Crippen molar-refractivity contribution in [2.24, 2.45) is 17.6 Å². The summed E-state index contributed by atoms with van der Waals surface area (Å²) in [6.07, 6.45) is 7.82. The van der Waals surface area contributed by atoms with Crippen LogP contribution in [0.1, 0.15) is 44.1 Å². The van der Waals surface area contributed by atoms with Crippen LogP contribution in [0.2, 0.25) is 5.28 Å². The lowest BCUT2D eigenvalue weighted by Crippen LogP contribution is -2.48. The average molecular weight is 720 g/mol. The molecule has 0 bridgehead atoms. The van der Waals surface area contributed by atoms with Gasteiger partial charge in [0.15, 0.2) is 5.82 Å². The third-order valence-electron chi connectivity index (χ3n) is 9.44. The Balaban J connectivity index is 1.19. The third kappa shape index (κ3) is 9.11. The predicted molar refractivity (Wildman–Crippen MR) is 191 cm³/mol. The van der Waals surface area contributed by atoms with Crippen LogP contribution in [0.15, 0.2) is 71.9 Å². The molecule has 2 amide bonds. The predicted octanol–water partition coefficient (Wildman–Crippen LogP) is 3.65. The van der Waals surface area contributed by atoms with Crippen molar-refractivity contribution in [2.45, 2.75) is 61.9 Å². The van der Waals surface area contributed by atoms with Gasteiger partial charge in [-0.25, -0.2) is 18.2 Å². The topological polar surface area (TPSA) is 197 Å². The van der Waals surface area contributed by atoms with Crippen molar-refractivity contribution >= 4 is 39.1 Å².